The first-order valence-corrected chi connectivity index (χ1v) is 3.08. The number of aliphatic carboxylic acids is 1. The largest absolute Gasteiger partial charge is 0.481 e. The van der Waals surface area contributed by atoms with Gasteiger partial charge in [-0.3, -0.25) is 9.59 Å². The Kier molecular flexibility index (Phi) is 8.60. The number of hydrogen-bond acceptors (Lipinski definition) is 3. The van der Waals surface area contributed by atoms with Gasteiger partial charge in [-0.15, -0.1) is 12.6 Å². The predicted octanol–water partition coefficient (Wildman–Crippen LogP) is -0.477. The molecule has 0 aromatic heterocycles. The maximum atomic E-state index is 10.4. The van der Waals surface area contributed by atoms with Crippen LogP contribution in [0.25, 0.3) is 0 Å². The van der Waals surface area contributed by atoms with Gasteiger partial charge in [0.25, 0.3) is 0 Å². The standard InChI is InChI=1S/C5H8O4S.Au/c6-2-3(5(9)10)1-4(7)8;/h3,6H,1-2H2,(H,7,8)(H,9,10);. The zero-order chi connectivity index (χ0) is 8.15. The number of thiol groups is 1. The predicted molar refractivity (Wildman–Crippen MR) is 36.8 cm³/mol. The summed E-state index contributed by atoms with van der Waals surface area (Å²) < 4.78 is 0. The first kappa shape index (κ1) is 13.8. The molecule has 1 atom stereocenters. The molecule has 0 heterocycles. The van der Waals surface area contributed by atoms with Crippen molar-refractivity contribution in [2.75, 3.05) is 6.61 Å². The van der Waals surface area contributed by atoms with Gasteiger partial charge in [0.05, 0.1) is 18.9 Å². The molecule has 0 saturated heterocycles. The fourth-order valence-corrected chi connectivity index (χ4v) is 0.614. The summed E-state index contributed by atoms with van der Waals surface area (Å²) in [6.45, 7) is -0.464. The van der Waals surface area contributed by atoms with Gasteiger partial charge in [-0.1, -0.05) is 0 Å². The summed E-state index contributed by atoms with van der Waals surface area (Å²) in [6, 6.07) is 0. The van der Waals surface area contributed by atoms with Gasteiger partial charge in [0, 0.05) is 22.4 Å². The van der Waals surface area contributed by atoms with E-state index in [2.05, 4.69) is 12.6 Å². The molecule has 0 bridgehead atoms. The van der Waals surface area contributed by atoms with E-state index in [1.165, 1.54) is 0 Å². The fourth-order valence-electron chi connectivity index (χ4n) is 0.441. The third-order valence-electron chi connectivity index (χ3n) is 0.991. The number of carboxylic acids is 1. The van der Waals surface area contributed by atoms with Gasteiger partial charge in [0.1, 0.15) is 0 Å². The van der Waals surface area contributed by atoms with Crippen molar-refractivity contribution in [3.05, 3.63) is 0 Å². The number of carbonyl (C=O) groups excluding carboxylic acids is 1. The Balaban J connectivity index is 0. The van der Waals surface area contributed by atoms with Gasteiger partial charge in [-0.05, 0) is 0 Å². The Bertz CT molecular complexity index is 149. The van der Waals surface area contributed by atoms with E-state index in [1.807, 2.05) is 0 Å². The second kappa shape index (κ2) is 6.87. The molecule has 6 heteroatoms. The minimum atomic E-state index is -1.11. The van der Waals surface area contributed by atoms with Crippen LogP contribution in [0.5, 0.6) is 0 Å². The minimum absolute atomic E-state index is 0. The van der Waals surface area contributed by atoms with Gasteiger partial charge in [-0.25, -0.2) is 0 Å². The molecule has 1 radical (unpaired) electrons. The van der Waals surface area contributed by atoms with Crippen molar-refractivity contribution in [2.45, 2.75) is 6.42 Å². The number of rotatable bonds is 4. The Morgan fingerprint density at radius 2 is 1.91 bits per heavy atom. The van der Waals surface area contributed by atoms with Crippen LogP contribution in [-0.4, -0.2) is 27.9 Å². The van der Waals surface area contributed by atoms with Crippen LogP contribution < -0.4 is 0 Å². The van der Waals surface area contributed by atoms with E-state index in [0.29, 0.717) is 0 Å². The quantitative estimate of drug-likeness (QED) is 0.467. The number of carbonyl (C=O) groups is 2. The zero-order valence-electron chi connectivity index (χ0n) is 5.45. The van der Waals surface area contributed by atoms with E-state index in [9.17, 15) is 9.59 Å². The molecule has 0 aromatic rings. The number of aliphatic hydroxyl groups excluding tert-OH is 1. The molecular formula is C5H8AuO4S. The topological polar surface area (TPSA) is 74.6 Å². The first-order valence-electron chi connectivity index (χ1n) is 2.63. The van der Waals surface area contributed by atoms with Crippen molar-refractivity contribution >= 4 is 23.7 Å². The molecular weight excluding hydrogens is 353 g/mol. The summed E-state index contributed by atoms with van der Waals surface area (Å²) in [7, 11) is 0. The summed E-state index contributed by atoms with van der Waals surface area (Å²) in [4.78, 5) is 20.3. The average molecular weight is 361 g/mol. The van der Waals surface area contributed by atoms with Crippen LogP contribution in [0.2, 0.25) is 0 Å². The molecule has 69 valence electrons. The van der Waals surface area contributed by atoms with Gasteiger partial charge >= 0.3 is 5.97 Å². The average Bonchev–Trinajstić information content (AvgIpc) is 1.81. The van der Waals surface area contributed by atoms with Gasteiger partial charge in [-0.2, -0.15) is 0 Å². The Hall–Kier alpha value is 0.190. The molecule has 0 aliphatic heterocycles. The van der Waals surface area contributed by atoms with Crippen molar-refractivity contribution in [1.82, 2.24) is 0 Å². The van der Waals surface area contributed by atoms with Crippen molar-refractivity contribution < 1.29 is 42.2 Å². The number of hydrogen-bond donors (Lipinski definition) is 3. The maximum Gasteiger partial charge on any atom is 0.304 e. The third-order valence-corrected chi connectivity index (χ3v) is 1.36. The molecule has 1 unspecified atom stereocenters. The SMILES string of the molecule is O=C(O)CC(CO)C(=O)S.[Au]. The normalized spacial score (nSPS) is 11.5. The molecule has 0 rings (SSSR count). The molecule has 2 N–H and O–H groups in total. The van der Waals surface area contributed by atoms with Crippen LogP contribution in [0, 0.1) is 5.92 Å². The molecule has 0 aromatic carbocycles. The fraction of sp³-hybridized carbons (Fsp3) is 0.600. The number of carboxylic acid groups (broad SMARTS) is 1. The summed E-state index contributed by atoms with van der Waals surface area (Å²) in [5.41, 5.74) is 0. The van der Waals surface area contributed by atoms with Crippen LogP contribution in [-0.2, 0) is 32.0 Å². The van der Waals surface area contributed by atoms with Gasteiger partial charge in [0.2, 0.25) is 0 Å². The summed E-state index contributed by atoms with van der Waals surface area (Å²) in [5, 5.41) is 16.0. The van der Waals surface area contributed by atoms with Crippen molar-refractivity contribution in [1.29, 1.82) is 0 Å². The van der Waals surface area contributed by atoms with E-state index in [1.54, 1.807) is 0 Å². The number of aliphatic hydroxyl groups is 1. The minimum Gasteiger partial charge on any atom is -0.481 e. The first-order chi connectivity index (χ1) is 4.57. The van der Waals surface area contributed by atoms with E-state index in [-0.39, 0.29) is 28.8 Å². The van der Waals surface area contributed by atoms with Crippen molar-refractivity contribution in [3.8, 4) is 0 Å². The molecule has 0 spiro atoms. The third kappa shape index (κ3) is 6.58. The van der Waals surface area contributed by atoms with E-state index >= 15 is 0 Å². The molecule has 11 heavy (non-hydrogen) atoms. The molecule has 0 fully saturated rings. The van der Waals surface area contributed by atoms with E-state index in [4.69, 9.17) is 10.2 Å². The molecule has 0 aliphatic carbocycles. The van der Waals surface area contributed by atoms with Crippen molar-refractivity contribution in [3.63, 3.8) is 0 Å². The van der Waals surface area contributed by atoms with Crippen LogP contribution in [0.1, 0.15) is 6.42 Å². The van der Waals surface area contributed by atoms with Crippen LogP contribution in [0.15, 0.2) is 0 Å². The Labute approximate surface area is 84.9 Å². The van der Waals surface area contributed by atoms with Gasteiger partial charge < -0.3 is 10.2 Å². The van der Waals surface area contributed by atoms with Crippen LogP contribution in [0.3, 0.4) is 0 Å². The van der Waals surface area contributed by atoms with Crippen molar-refractivity contribution in [2.24, 2.45) is 5.92 Å². The van der Waals surface area contributed by atoms with Crippen LogP contribution in [0.4, 0.5) is 0 Å². The van der Waals surface area contributed by atoms with E-state index < -0.39 is 23.6 Å². The second-order valence-electron chi connectivity index (χ2n) is 1.82. The smallest absolute Gasteiger partial charge is 0.304 e. The maximum absolute atomic E-state index is 10.4. The van der Waals surface area contributed by atoms with E-state index in [0.717, 1.165) is 0 Å². The zero-order valence-corrected chi connectivity index (χ0v) is 8.51. The summed E-state index contributed by atoms with van der Waals surface area (Å²) >= 11 is 3.39. The molecule has 0 saturated carbocycles. The second-order valence-corrected chi connectivity index (χ2v) is 2.26. The van der Waals surface area contributed by atoms with Gasteiger partial charge in [0.15, 0.2) is 5.12 Å². The molecule has 0 aliphatic rings. The molecule has 4 nitrogen and oxygen atoms in total. The summed E-state index contributed by atoms with van der Waals surface area (Å²) in [6.07, 6.45) is -0.362. The Morgan fingerprint density at radius 3 is 2.00 bits per heavy atom. The molecule has 0 amide bonds. The summed E-state index contributed by atoms with van der Waals surface area (Å²) in [5.74, 6) is -1.98. The monoisotopic (exact) mass is 361 g/mol. The van der Waals surface area contributed by atoms with Crippen LogP contribution >= 0.6 is 12.6 Å². The Morgan fingerprint density at radius 1 is 1.45 bits per heavy atom.